The van der Waals surface area contributed by atoms with Crippen LogP contribution in [0.15, 0.2) is 18.3 Å². The molecule has 0 spiro atoms. The Morgan fingerprint density at radius 1 is 1.16 bits per heavy atom. The zero-order valence-electron chi connectivity index (χ0n) is 12.0. The molecular weight excluding hydrogens is 236 g/mol. The van der Waals surface area contributed by atoms with Crippen molar-refractivity contribution in [3.63, 3.8) is 0 Å². The van der Waals surface area contributed by atoms with Gasteiger partial charge in [0.2, 0.25) is 0 Å². The van der Waals surface area contributed by atoms with Crippen molar-refractivity contribution in [3.05, 3.63) is 23.9 Å². The maximum Gasteiger partial charge on any atom is 0.128 e. The van der Waals surface area contributed by atoms with E-state index in [2.05, 4.69) is 45.9 Å². The average molecular weight is 260 g/mol. The van der Waals surface area contributed by atoms with Crippen molar-refractivity contribution in [2.75, 3.05) is 45.2 Å². The van der Waals surface area contributed by atoms with E-state index in [0.717, 1.165) is 18.4 Å². The van der Waals surface area contributed by atoms with Crippen LogP contribution < -0.4 is 4.90 Å². The summed E-state index contributed by atoms with van der Waals surface area (Å²) in [4.78, 5) is 11.7. The maximum absolute atomic E-state index is 4.54. The van der Waals surface area contributed by atoms with E-state index in [1.54, 1.807) is 0 Å². The second kappa shape index (κ2) is 5.47. The highest BCUT2D eigenvalue weighted by Gasteiger charge is 2.21. The van der Waals surface area contributed by atoms with Crippen molar-refractivity contribution >= 4 is 5.82 Å². The van der Waals surface area contributed by atoms with Gasteiger partial charge in [-0.3, -0.25) is 4.90 Å². The van der Waals surface area contributed by atoms with Crippen molar-refractivity contribution in [1.82, 2.24) is 14.8 Å². The van der Waals surface area contributed by atoms with E-state index in [1.165, 1.54) is 44.6 Å². The van der Waals surface area contributed by atoms with Crippen LogP contribution in [-0.2, 0) is 6.54 Å². The molecule has 104 valence electrons. The normalized spacial score (nSPS) is 21.1. The molecule has 0 unspecified atom stereocenters. The van der Waals surface area contributed by atoms with Gasteiger partial charge >= 0.3 is 0 Å². The van der Waals surface area contributed by atoms with Gasteiger partial charge in [0.05, 0.1) is 0 Å². The van der Waals surface area contributed by atoms with E-state index in [0.29, 0.717) is 0 Å². The number of likely N-dealkylation sites (tertiary alicyclic amines) is 1. The summed E-state index contributed by atoms with van der Waals surface area (Å²) in [5.41, 5.74) is 1.34. The number of rotatable bonds is 4. The maximum atomic E-state index is 4.54. The van der Waals surface area contributed by atoms with Gasteiger partial charge < -0.3 is 9.80 Å². The van der Waals surface area contributed by atoms with Crippen LogP contribution in [0, 0.1) is 0 Å². The fourth-order valence-electron chi connectivity index (χ4n) is 2.83. The molecule has 3 rings (SSSR count). The van der Waals surface area contributed by atoms with Crippen molar-refractivity contribution in [2.45, 2.75) is 25.4 Å². The minimum absolute atomic E-state index is 0.763. The van der Waals surface area contributed by atoms with Gasteiger partial charge in [-0.2, -0.15) is 0 Å². The van der Waals surface area contributed by atoms with Crippen molar-refractivity contribution in [2.24, 2.45) is 0 Å². The molecule has 4 nitrogen and oxygen atoms in total. The van der Waals surface area contributed by atoms with Crippen LogP contribution >= 0.6 is 0 Å². The van der Waals surface area contributed by atoms with E-state index >= 15 is 0 Å². The van der Waals surface area contributed by atoms with Gasteiger partial charge in [-0.25, -0.2) is 4.98 Å². The Balaban J connectivity index is 1.51. The smallest absolute Gasteiger partial charge is 0.128 e. The second-order valence-corrected chi connectivity index (χ2v) is 5.98. The Labute approximate surface area is 116 Å². The Kier molecular flexibility index (Phi) is 3.71. The van der Waals surface area contributed by atoms with E-state index < -0.39 is 0 Å². The molecule has 1 aromatic rings. The Morgan fingerprint density at radius 3 is 2.42 bits per heavy atom. The van der Waals surface area contributed by atoms with E-state index in [-0.39, 0.29) is 0 Å². The lowest BCUT2D eigenvalue weighted by Crippen LogP contribution is -2.41. The first-order valence-corrected chi connectivity index (χ1v) is 7.31. The molecule has 0 atom stereocenters. The third-order valence-electron chi connectivity index (χ3n) is 4.27. The zero-order chi connectivity index (χ0) is 13.2. The van der Waals surface area contributed by atoms with Crippen LogP contribution in [0.25, 0.3) is 0 Å². The summed E-state index contributed by atoms with van der Waals surface area (Å²) in [7, 11) is 4.38. The number of nitrogens with zero attached hydrogens (tertiary/aromatic N) is 4. The van der Waals surface area contributed by atoms with Crippen LogP contribution in [-0.4, -0.2) is 61.1 Å². The predicted octanol–water partition coefficient (Wildman–Crippen LogP) is 1.43. The molecule has 4 heteroatoms. The van der Waals surface area contributed by atoms with Crippen LogP contribution in [0.2, 0.25) is 0 Å². The number of aromatic nitrogens is 1. The Morgan fingerprint density at radius 2 is 1.89 bits per heavy atom. The minimum Gasteiger partial charge on any atom is -0.353 e. The largest absolute Gasteiger partial charge is 0.353 e. The van der Waals surface area contributed by atoms with Gasteiger partial charge in [-0.15, -0.1) is 0 Å². The standard InChI is InChI=1S/C15H24N4/c1-17(2)14-5-7-18(8-6-14)12-13-3-4-15(16-11-13)19-9-10-19/h3-4,11,14H,5-10,12H2,1-2H3. The third kappa shape index (κ3) is 3.25. The molecule has 2 aliphatic rings. The van der Waals surface area contributed by atoms with Gasteiger partial charge in [0, 0.05) is 31.9 Å². The van der Waals surface area contributed by atoms with Crippen molar-refractivity contribution in [3.8, 4) is 0 Å². The molecule has 3 heterocycles. The SMILES string of the molecule is CN(C)C1CCN(Cc2ccc(N3CC3)nc2)CC1. The van der Waals surface area contributed by atoms with Gasteiger partial charge in [-0.1, -0.05) is 6.07 Å². The number of anilines is 1. The van der Waals surface area contributed by atoms with Crippen LogP contribution in [0.1, 0.15) is 18.4 Å². The lowest BCUT2D eigenvalue weighted by molar-refractivity contribution is 0.140. The molecule has 0 saturated carbocycles. The van der Waals surface area contributed by atoms with Gasteiger partial charge in [0.15, 0.2) is 0 Å². The fraction of sp³-hybridized carbons (Fsp3) is 0.667. The molecule has 19 heavy (non-hydrogen) atoms. The highest BCUT2D eigenvalue weighted by atomic mass is 15.3. The topological polar surface area (TPSA) is 22.4 Å². The number of piperidine rings is 1. The molecule has 2 fully saturated rings. The van der Waals surface area contributed by atoms with E-state index in [4.69, 9.17) is 0 Å². The zero-order valence-corrected chi connectivity index (χ0v) is 12.0. The Hall–Kier alpha value is -1.13. The molecule has 0 bridgehead atoms. The number of pyridine rings is 1. The highest BCUT2D eigenvalue weighted by Crippen LogP contribution is 2.20. The molecule has 0 radical (unpaired) electrons. The molecule has 0 aromatic carbocycles. The number of hydrogen-bond acceptors (Lipinski definition) is 4. The molecule has 0 aliphatic carbocycles. The molecule has 1 aromatic heterocycles. The van der Waals surface area contributed by atoms with E-state index in [9.17, 15) is 0 Å². The van der Waals surface area contributed by atoms with Crippen molar-refractivity contribution in [1.29, 1.82) is 0 Å². The average Bonchev–Trinajstić information content (AvgIpc) is 3.25. The van der Waals surface area contributed by atoms with Crippen molar-refractivity contribution < 1.29 is 0 Å². The lowest BCUT2D eigenvalue weighted by Gasteiger charge is -2.35. The summed E-state index contributed by atoms with van der Waals surface area (Å²) >= 11 is 0. The second-order valence-electron chi connectivity index (χ2n) is 5.98. The predicted molar refractivity (Wildman–Crippen MR) is 78.4 cm³/mol. The summed E-state index contributed by atoms with van der Waals surface area (Å²) in [6.45, 7) is 5.80. The monoisotopic (exact) mass is 260 g/mol. The van der Waals surface area contributed by atoms with Gasteiger partial charge in [-0.05, 0) is 51.7 Å². The fourth-order valence-corrected chi connectivity index (χ4v) is 2.83. The summed E-state index contributed by atoms with van der Waals surface area (Å²) in [6.07, 6.45) is 4.62. The number of hydrogen-bond donors (Lipinski definition) is 0. The van der Waals surface area contributed by atoms with Crippen LogP contribution in [0.4, 0.5) is 5.82 Å². The summed E-state index contributed by atoms with van der Waals surface area (Å²) in [5, 5.41) is 0. The van der Waals surface area contributed by atoms with Crippen LogP contribution in [0.3, 0.4) is 0 Å². The molecule has 0 N–H and O–H groups in total. The first-order valence-electron chi connectivity index (χ1n) is 7.31. The Bertz CT molecular complexity index is 403. The summed E-state index contributed by atoms with van der Waals surface area (Å²) in [6, 6.07) is 5.16. The lowest BCUT2D eigenvalue weighted by atomic mass is 10.0. The molecule has 2 aliphatic heterocycles. The molecule has 0 amide bonds. The first-order chi connectivity index (χ1) is 9.22. The minimum atomic E-state index is 0.763. The molecular formula is C15H24N4. The highest BCUT2D eigenvalue weighted by molar-refractivity contribution is 5.44. The first kappa shape index (κ1) is 12.9. The van der Waals surface area contributed by atoms with Gasteiger partial charge in [0.1, 0.15) is 5.82 Å². The van der Waals surface area contributed by atoms with Gasteiger partial charge in [0.25, 0.3) is 0 Å². The summed E-state index contributed by atoms with van der Waals surface area (Å²) < 4.78 is 0. The molecule has 2 saturated heterocycles. The van der Waals surface area contributed by atoms with E-state index in [1.807, 2.05) is 6.20 Å². The quantitative estimate of drug-likeness (QED) is 0.764. The third-order valence-corrected chi connectivity index (χ3v) is 4.27. The van der Waals surface area contributed by atoms with Crippen LogP contribution in [0.5, 0.6) is 0 Å². The summed E-state index contributed by atoms with van der Waals surface area (Å²) in [5.74, 6) is 1.13.